The number of amides is 1. The zero-order chi connectivity index (χ0) is 54.5. The summed E-state index contributed by atoms with van der Waals surface area (Å²) in [5.41, 5.74) is 1.23. The second-order valence-corrected chi connectivity index (χ2v) is 23.5. The van der Waals surface area contributed by atoms with Crippen LogP contribution < -0.4 is 0 Å². The average Bonchev–Trinajstić information content (AvgIpc) is 3.36. The Morgan fingerprint density at radius 1 is 0.851 bits per heavy atom. The third-order valence-corrected chi connectivity index (χ3v) is 17.3. The highest BCUT2D eigenvalue weighted by molar-refractivity contribution is 7.53. The van der Waals surface area contributed by atoms with Gasteiger partial charge in [0.1, 0.15) is 30.1 Å². The topological polar surface area (TPSA) is 240 Å². The molecule has 0 aromatic carbocycles. The zero-order valence-corrected chi connectivity index (χ0v) is 46.3. The second-order valence-electron chi connectivity index (χ2n) is 21.5. The summed E-state index contributed by atoms with van der Waals surface area (Å²) in [6.07, 6.45) is 9.89. The first-order valence-corrected chi connectivity index (χ1v) is 28.7. The Morgan fingerprint density at radius 3 is 2.28 bits per heavy atom. The summed E-state index contributed by atoms with van der Waals surface area (Å²) < 4.78 is 60.1. The molecule has 4 fully saturated rings. The maximum absolute atomic E-state index is 14.6. The number of ketones is 3. The number of aliphatic hydroxyl groups excluding tert-OH is 2. The number of esters is 1. The van der Waals surface area contributed by atoms with Crippen LogP contribution in [0, 0.1) is 41.4 Å². The fourth-order valence-corrected chi connectivity index (χ4v) is 12.9. The molecule has 9 unspecified atom stereocenters. The lowest BCUT2D eigenvalue weighted by atomic mass is 9.68. The van der Waals surface area contributed by atoms with Crippen molar-refractivity contribution >= 4 is 36.8 Å². The molecule has 0 spiro atoms. The molecule has 4 bridgehead atoms. The minimum Gasteiger partial charge on any atom is -0.460 e. The van der Waals surface area contributed by atoms with Crippen LogP contribution in [-0.2, 0) is 66.0 Å². The standard InChI is InChI=1S/C55H86NO17P/c1-33-15-12-11-13-16-34(2)45(66-7)31-40-20-18-38(6)55(64,72-40)52(61)53(62)56-22-14-17-41-42(29-39-19-21-44(47(30-39)67-8)73-74(10,65)70-26-25-69-24-23-57)46(71-54(63)48(41)56)32-43(58)35(3)28-37(5)50(60)51(68-9)49(59)36(4)27-33/h11-13,15-16,28,33,35-36,38-42,44-48,50-51,57,60,64H,14,17-27,29-32H2,1-10H3/b13-11+,15-12+,34-16+,37-28+/t33-,35-,36?,38?,39?,40+,41?,42+,44-,45+,46+,47?,48?,50?,51+,55?,74?/m1/s1. The van der Waals surface area contributed by atoms with Crippen LogP contribution in [0.5, 0.6) is 0 Å². The number of ether oxygens (including phenoxy) is 6. The van der Waals surface area contributed by atoms with Gasteiger partial charge in [0.05, 0.1) is 50.8 Å². The van der Waals surface area contributed by atoms with Crippen molar-refractivity contribution in [2.45, 2.75) is 167 Å². The minimum atomic E-state index is -3.54. The van der Waals surface area contributed by atoms with Crippen LogP contribution in [0.1, 0.15) is 112 Å². The van der Waals surface area contributed by atoms with Crippen molar-refractivity contribution in [2.24, 2.45) is 41.4 Å². The van der Waals surface area contributed by atoms with Gasteiger partial charge in [-0.1, -0.05) is 64.2 Å². The summed E-state index contributed by atoms with van der Waals surface area (Å²) in [6, 6.07) is -1.19. The van der Waals surface area contributed by atoms with Crippen LogP contribution in [0.2, 0.25) is 0 Å². The average molecular weight is 1060 g/mol. The predicted molar refractivity (Wildman–Crippen MR) is 275 cm³/mol. The molecule has 5 rings (SSSR count). The number of aliphatic hydroxyl groups is 3. The van der Waals surface area contributed by atoms with Crippen LogP contribution in [0.15, 0.2) is 47.6 Å². The van der Waals surface area contributed by atoms with Crippen LogP contribution in [0.4, 0.5) is 0 Å². The van der Waals surface area contributed by atoms with Crippen molar-refractivity contribution in [1.82, 2.24) is 4.90 Å². The van der Waals surface area contributed by atoms with Crippen LogP contribution in [0.3, 0.4) is 0 Å². The van der Waals surface area contributed by atoms with Crippen molar-refractivity contribution in [1.29, 1.82) is 0 Å². The SMILES string of the molecule is COC1CC(C[C@H]2C3CCCN4C(=O)C(=O)C5(O)O[C@@H](CCC5C)C[C@H](OC)/C(C)=C/C=C/C=C/[C@@H](C)CC(C)C(=O)[C@H](OC)C(O)/C(C)=C/[C@@H](C)C(=O)C[C@@H]2OC(=O)C34)CC[C@H]1OP(C)(=O)OCCOCCO. The van der Waals surface area contributed by atoms with Gasteiger partial charge in [0.25, 0.3) is 11.7 Å². The molecule has 1 saturated carbocycles. The minimum absolute atomic E-state index is 0.000759. The van der Waals surface area contributed by atoms with Gasteiger partial charge in [0.2, 0.25) is 5.79 Å². The van der Waals surface area contributed by atoms with Gasteiger partial charge >= 0.3 is 13.6 Å². The van der Waals surface area contributed by atoms with Gasteiger partial charge in [-0.15, -0.1) is 0 Å². The maximum Gasteiger partial charge on any atom is 0.329 e. The van der Waals surface area contributed by atoms with Crippen LogP contribution >= 0.6 is 7.60 Å². The van der Waals surface area contributed by atoms with Crippen molar-refractivity contribution < 1.29 is 81.3 Å². The number of hydrogen-bond donors (Lipinski definition) is 3. The lowest BCUT2D eigenvalue weighted by molar-refractivity contribution is -0.266. The first kappa shape index (κ1) is 61.6. The molecule has 5 aliphatic rings. The maximum atomic E-state index is 14.6. The van der Waals surface area contributed by atoms with E-state index in [2.05, 4.69) is 0 Å². The fourth-order valence-electron chi connectivity index (χ4n) is 11.7. The van der Waals surface area contributed by atoms with E-state index >= 15 is 0 Å². The Hall–Kier alpha value is -3.26. The summed E-state index contributed by atoms with van der Waals surface area (Å²) >= 11 is 0. The summed E-state index contributed by atoms with van der Waals surface area (Å²) in [5, 5.41) is 32.6. The van der Waals surface area contributed by atoms with E-state index in [0.717, 1.165) is 5.57 Å². The van der Waals surface area contributed by atoms with Crippen LogP contribution in [0.25, 0.3) is 0 Å². The van der Waals surface area contributed by atoms with Crippen molar-refractivity contribution in [3.8, 4) is 0 Å². The van der Waals surface area contributed by atoms with Crippen molar-refractivity contribution in [3.05, 3.63) is 47.6 Å². The van der Waals surface area contributed by atoms with Crippen LogP contribution in [-0.4, -0.2) is 165 Å². The van der Waals surface area contributed by atoms with Crippen molar-refractivity contribution in [2.75, 3.05) is 61.0 Å². The number of carbonyl (C=O) groups is 5. The number of piperidine rings is 1. The summed E-state index contributed by atoms with van der Waals surface area (Å²) in [4.78, 5) is 72.9. The van der Waals surface area contributed by atoms with E-state index in [0.29, 0.717) is 69.8 Å². The Bertz CT molecular complexity index is 2090. The molecule has 19 heteroatoms. The number of allylic oxidation sites excluding steroid dienone is 6. The number of rotatable bonds is 13. The van der Waals surface area contributed by atoms with Gasteiger partial charge in [0, 0.05) is 71.1 Å². The van der Waals surface area contributed by atoms with E-state index in [-0.39, 0.29) is 62.8 Å². The molecule has 3 N–H and O–H groups in total. The van der Waals surface area contributed by atoms with Gasteiger partial charge in [-0.2, -0.15) is 0 Å². The number of fused-ring (bicyclic) bond motifs is 4. The number of carbonyl (C=O) groups excluding carboxylic acids is 5. The second kappa shape index (κ2) is 28.4. The number of hydrogen-bond acceptors (Lipinski definition) is 17. The Morgan fingerprint density at radius 2 is 1.59 bits per heavy atom. The lowest BCUT2D eigenvalue weighted by Gasteiger charge is -2.50. The highest BCUT2D eigenvalue weighted by atomic mass is 31.2. The molecule has 1 aliphatic carbocycles. The molecular formula is C55H86NO17P. The highest BCUT2D eigenvalue weighted by Gasteiger charge is 2.57. The molecule has 418 valence electrons. The van der Waals surface area contributed by atoms with Gasteiger partial charge < -0.3 is 57.7 Å². The van der Waals surface area contributed by atoms with E-state index in [4.69, 9.17) is 42.6 Å². The largest absolute Gasteiger partial charge is 0.460 e. The monoisotopic (exact) mass is 1060 g/mol. The van der Waals surface area contributed by atoms with Gasteiger partial charge in [-0.25, -0.2) is 4.79 Å². The van der Waals surface area contributed by atoms with E-state index in [1.165, 1.54) is 18.7 Å². The molecule has 0 radical (unpaired) electrons. The molecule has 17 atom stereocenters. The van der Waals surface area contributed by atoms with Gasteiger partial charge in [0.15, 0.2) is 5.78 Å². The number of Topliss-reactive ketones (excluding diaryl/α,β-unsaturated/α-hetero) is 3. The molecule has 4 heterocycles. The molecule has 3 saturated heterocycles. The van der Waals surface area contributed by atoms with E-state index in [1.54, 1.807) is 48.0 Å². The third kappa shape index (κ3) is 15.9. The Kier molecular flexibility index (Phi) is 23.6. The summed E-state index contributed by atoms with van der Waals surface area (Å²) in [6.45, 7) is 12.2. The highest BCUT2D eigenvalue weighted by Crippen LogP contribution is 2.50. The predicted octanol–water partition coefficient (Wildman–Crippen LogP) is 6.27. The number of methoxy groups -OCH3 is 3. The van der Waals surface area contributed by atoms with E-state index in [9.17, 15) is 38.8 Å². The first-order chi connectivity index (χ1) is 35.1. The van der Waals surface area contributed by atoms with Crippen molar-refractivity contribution in [3.63, 3.8) is 0 Å². The zero-order valence-electron chi connectivity index (χ0n) is 45.4. The van der Waals surface area contributed by atoms with Gasteiger partial charge in [-0.05, 0) is 101 Å². The molecular weight excluding hydrogens is 978 g/mol. The number of nitrogens with zero attached hydrogens (tertiary/aromatic N) is 1. The molecule has 74 heavy (non-hydrogen) atoms. The normalized spacial score (nSPS) is 39.8. The smallest absolute Gasteiger partial charge is 0.329 e. The summed E-state index contributed by atoms with van der Waals surface area (Å²) in [5.74, 6) is -9.05. The Labute approximate surface area is 438 Å². The molecule has 4 aliphatic heterocycles. The Balaban J connectivity index is 1.48. The molecule has 0 aromatic rings. The molecule has 18 nitrogen and oxygen atoms in total. The fraction of sp³-hybridized carbons (Fsp3) is 0.764. The first-order valence-electron chi connectivity index (χ1n) is 26.7. The van der Waals surface area contributed by atoms with E-state index < -0.39 is 109 Å². The summed E-state index contributed by atoms with van der Waals surface area (Å²) in [7, 11) is 0.945. The lowest BCUT2D eigenvalue weighted by Crippen LogP contribution is -2.65. The third-order valence-electron chi connectivity index (χ3n) is 16.0. The van der Waals surface area contributed by atoms with Gasteiger partial charge in [-0.3, -0.25) is 23.7 Å². The molecule has 1 amide bonds. The quantitative estimate of drug-likeness (QED) is 0.0605. The van der Waals surface area contributed by atoms with E-state index in [1.807, 2.05) is 44.2 Å². The molecule has 0 aromatic heterocycles.